The number of para-hydroxylation sites is 1. The summed E-state index contributed by atoms with van der Waals surface area (Å²) in [5, 5.41) is 3.24. The number of halogens is 1. The lowest BCUT2D eigenvalue weighted by Crippen LogP contribution is -2.41. The number of amides is 1. The first-order valence-corrected chi connectivity index (χ1v) is 10.0. The number of ether oxygens (including phenoxy) is 1. The number of nitrogens with one attached hydrogen (secondary N) is 2. The lowest BCUT2D eigenvalue weighted by molar-refractivity contribution is -0.125. The van der Waals surface area contributed by atoms with Crippen LogP contribution in [-0.4, -0.2) is 52.6 Å². The number of rotatable bonds is 6. The summed E-state index contributed by atoms with van der Waals surface area (Å²) in [5.74, 6) is 1.70. The molecule has 1 aromatic carbocycles. The Hall–Kier alpha value is -2.87. The molecule has 0 aliphatic carbocycles. The molecule has 2 N–H and O–H groups in total. The summed E-state index contributed by atoms with van der Waals surface area (Å²) in [5.41, 5.74) is 2.42. The summed E-state index contributed by atoms with van der Waals surface area (Å²) in [6.07, 6.45) is 3.85. The molecule has 0 unspecified atom stereocenters. The van der Waals surface area contributed by atoms with Crippen molar-refractivity contribution < 1.29 is 9.53 Å². The van der Waals surface area contributed by atoms with Crippen LogP contribution in [-0.2, 0) is 11.2 Å². The maximum atomic E-state index is 12.6. The van der Waals surface area contributed by atoms with Crippen molar-refractivity contribution in [2.24, 2.45) is 5.92 Å². The second-order valence-electron chi connectivity index (χ2n) is 7.03. The van der Waals surface area contributed by atoms with Crippen molar-refractivity contribution in [1.82, 2.24) is 25.3 Å². The number of benzene rings is 1. The number of carbonyl (C=O) groups is 1. The van der Waals surface area contributed by atoms with E-state index in [1.165, 1.54) is 0 Å². The number of nitrogens with zero attached hydrogens (tertiary/aromatic N) is 4. The molecule has 2 aromatic heterocycles. The molecule has 8 nitrogen and oxygen atoms in total. The average Bonchev–Trinajstić information content (AvgIpc) is 3.22. The molecule has 1 aliphatic rings. The minimum absolute atomic E-state index is 0.00140. The maximum absolute atomic E-state index is 12.6. The topological polar surface area (TPSA) is 96.0 Å². The van der Waals surface area contributed by atoms with E-state index in [1.807, 2.05) is 24.3 Å². The number of H-pyrrole nitrogens is 1. The third-order valence-corrected chi connectivity index (χ3v) is 5.46. The Balaban J connectivity index is 1.31. The molecule has 4 rings (SSSR count). The van der Waals surface area contributed by atoms with Crippen LogP contribution in [0.5, 0.6) is 5.75 Å². The normalized spacial score (nSPS) is 14.9. The zero-order valence-electron chi connectivity index (χ0n) is 16.2. The van der Waals surface area contributed by atoms with Crippen molar-refractivity contribution in [1.29, 1.82) is 0 Å². The largest absolute Gasteiger partial charge is 0.496 e. The Morgan fingerprint density at radius 2 is 2.10 bits per heavy atom. The van der Waals surface area contributed by atoms with E-state index < -0.39 is 0 Å². The molecule has 1 saturated heterocycles. The summed E-state index contributed by atoms with van der Waals surface area (Å²) < 4.78 is 5.36. The first-order chi connectivity index (χ1) is 14.2. The van der Waals surface area contributed by atoms with E-state index in [1.54, 1.807) is 13.4 Å². The van der Waals surface area contributed by atoms with Gasteiger partial charge in [0.05, 0.1) is 13.4 Å². The fraction of sp³-hybridized carbons (Fsp3) is 0.400. The Bertz CT molecular complexity index is 1000. The summed E-state index contributed by atoms with van der Waals surface area (Å²) in [6, 6.07) is 7.87. The van der Waals surface area contributed by atoms with Gasteiger partial charge in [0.2, 0.25) is 11.2 Å². The Labute approximate surface area is 173 Å². The molecule has 152 valence electrons. The third kappa shape index (κ3) is 4.27. The van der Waals surface area contributed by atoms with Crippen LogP contribution in [0.3, 0.4) is 0 Å². The quantitative estimate of drug-likeness (QED) is 0.602. The smallest absolute Gasteiger partial charge is 0.226 e. The zero-order valence-corrected chi connectivity index (χ0v) is 16.9. The molecule has 0 radical (unpaired) electrons. The molecular formula is C20H23ClN6O2. The SMILES string of the molecule is COc1ccccc1CCNC(=O)C1CCN(c2nc(Cl)nc3nc[nH]c23)CC1. The fourth-order valence-corrected chi connectivity index (χ4v) is 3.91. The van der Waals surface area contributed by atoms with E-state index in [0.717, 1.165) is 55.0 Å². The molecule has 1 aliphatic heterocycles. The van der Waals surface area contributed by atoms with Crippen molar-refractivity contribution in [3.63, 3.8) is 0 Å². The monoisotopic (exact) mass is 414 g/mol. The van der Waals surface area contributed by atoms with E-state index >= 15 is 0 Å². The highest BCUT2D eigenvalue weighted by molar-refractivity contribution is 6.28. The second-order valence-corrected chi connectivity index (χ2v) is 7.37. The van der Waals surface area contributed by atoms with Gasteiger partial charge in [-0.1, -0.05) is 18.2 Å². The number of hydrogen-bond acceptors (Lipinski definition) is 6. The van der Waals surface area contributed by atoms with Crippen molar-refractivity contribution in [3.05, 3.63) is 41.4 Å². The van der Waals surface area contributed by atoms with Gasteiger partial charge < -0.3 is 19.9 Å². The second kappa shape index (κ2) is 8.65. The molecular weight excluding hydrogens is 392 g/mol. The minimum atomic E-state index is -0.00140. The number of aromatic nitrogens is 4. The van der Waals surface area contributed by atoms with Crippen LogP contribution in [0.2, 0.25) is 5.28 Å². The maximum Gasteiger partial charge on any atom is 0.226 e. The van der Waals surface area contributed by atoms with Crippen LogP contribution in [0.4, 0.5) is 5.82 Å². The first-order valence-electron chi connectivity index (χ1n) is 9.67. The van der Waals surface area contributed by atoms with Gasteiger partial charge in [0.1, 0.15) is 11.3 Å². The molecule has 0 saturated carbocycles. The van der Waals surface area contributed by atoms with Gasteiger partial charge in [0.25, 0.3) is 0 Å². The highest BCUT2D eigenvalue weighted by atomic mass is 35.5. The number of imidazole rings is 1. The van der Waals surface area contributed by atoms with Gasteiger partial charge in [-0.15, -0.1) is 0 Å². The number of carbonyl (C=O) groups excluding carboxylic acids is 1. The zero-order chi connectivity index (χ0) is 20.2. The third-order valence-electron chi connectivity index (χ3n) is 5.29. The van der Waals surface area contributed by atoms with Crippen molar-refractivity contribution in [3.8, 4) is 5.75 Å². The Kier molecular flexibility index (Phi) is 5.80. The molecule has 0 atom stereocenters. The first kappa shape index (κ1) is 19.4. The average molecular weight is 415 g/mol. The van der Waals surface area contributed by atoms with E-state index in [0.29, 0.717) is 12.2 Å². The number of fused-ring (bicyclic) bond motifs is 1. The van der Waals surface area contributed by atoms with E-state index in [4.69, 9.17) is 16.3 Å². The summed E-state index contributed by atoms with van der Waals surface area (Å²) in [4.78, 5) is 30.4. The van der Waals surface area contributed by atoms with Crippen LogP contribution in [0.25, 0.3) is 11.2 Å². The highest BCUT2D eigenvalue weighted by Crippen LogP contribution is 2.27. The fourth-order valence-electron chi connectivity index (χ4n) is 3.75. The van der Waals surface area contributed by atoms with Gasteiger partial charge in [-0.3, -0.25) is 4.79 Å². The lowest BCUT2D eigenvalue weighted by Gasteiger charge is -2.32. The molecule has 9 heteroatoms. The van der Waals surface area contributed by atoms with Crippen molar-refractivity contribution in [2.75, 3.05) is 31.6 Å². The Morgan fingerprint density at radius 1 is 1.31 bits per heavy atom. The van der Waals surface area contributed by atoms with Gasteiger partial charge in [-0.05, 0) is 42.5 Å². The van der Waals surface area contributed by atoms with Gasteiger partial charge in [0, 0.05) is 25.6 Å². The predicted molar refractivity (Wildman–Crippen MR) is 111 cm³/mol. The molecule has 1 fully saturated rings. The van der Waals surface area contributed by atoms with Gasteiger partial charge in [0.15, 0.2) is 11.5 Å². The van der Waals surface area contributed by atoms with Crippen LogP contribution in [0.15, 0.2) is 30.6 Å². The van der Waals surface area contributed by atoms with E-state index in [9.17, 15) is 4.79 Å². The summed E-state index contributed by atoms with van der Waals surface area (Å²) in [7, 11) is 1.66. The number of piperidine rings is 1. The molecule has 0 spiro atoms. The summed E-state index contributed by atoms with van der Waals surface area (Å²) in [6.45, 7) is 2.05. The number of hydrogen-bond donors (Lipinski definition) is 2. The lowest BCUT2D eigenvalue weighted by atomic mass is 9.95. The van der Waals surface area contributed by atoms with Crippen LogP contribution < -0.4 is 15.0 Å². The van der Waals surface area contributed by atoms with E-state index in [2.05, 4.69) is 30.2 Å². The number of methoxy groups -OCH3 is 1. The van der Waals surface area contributed by atoms with Gasteiger partial charge in [-0.2, -0.15) is 9.97 Å². The Morgan fingerprint density at radius 3 is 2.90 bits per heavy atom. The molecule has 29 heavy (non-hydrogen) atoms. The highest BCUT2D eigenvalue weighted by Gasteiger charge is 2.27. The molecule has 3 aromatic rings. The molecule has 3 heterocycles. The van der Waals surface area contributed by atoms with Crippen LogP contribution >= 0.6 is 11.6 Å². The molecule has 0 bridgehead atoms. The standard InChI is InChI=1S/C20H23ClN6O2/c1-29-15-5-3-2-4-13(15)6-9-22-19(28)14-7-10-27(11-8-14)18-16-17(24-12-23-16)25-20(21)26-18/h2-5,12,14H,6-11H2,1H3,(H,22,28)(H,23,24,25,26). The van der Waals surface area contributed by atoms with Gasteiger partial charge >= 0.3 is 0 Å². The number of aromatic amines is 1. The van der Waals surface area contributed by atoms with Gasteiger partial charge in [-0.25, -0.2) is 4.98 Å². The van der Waals surface area contributed by atoms with Crippen LogP contribution in [0.1, 0.15) is 18.4 Å². The molecule has 1 amide bonds. The minimum Gasteiger partial charge on any atom is -0.496 e. The van der Waals surface area contributed by atoms with Crippen LogP contribution in [0, 0.1) is 5.92 Å². The summed E-state index contributed by atoms with van der Waals surface area (Å²) >= 11 is 6.03. The van der Waals surface area contributed by atoms with Crippen molar-refractivity contribution >= 4 is 34.5 Å². The van der Waals surface area contributed by atoms with E-state index in [-0.39, 0.29) is 17.1 Å². The predicted octanol–water partition coefficient (Wildman–Crippen LogP) is 2.59. The number of anilines is 1. The van der Waals surface area contributed by atoms with Crippen molar-refractivity contribution in [2.45, 2.75) is 19.3 Å².